The standard InChI is InChI=1S/C11H12N4O3S/c1-17-6-3-4-8(18-2)7(5-6)13-11-9(10(12)16)14-15-19-11/h3-5,13H,1-2H3,(H2,12,16). The maximum Gasteiger partial charge on any atom is 0.272 e. The summed E-state index contributed by atoms with van der Waals surface area (Å²) in [5.41, 5.74) is 5.94. The molecule has 0 spiro atoms. The van der Waals surface area contributed by atoms with Crippen molar-refractivity contribution in [2.24, 2.45) is 5.73 Å². The lowest BCUT2D eigenvalue weighted by Crippen LogP contribution is -2.13. The fourth-order valence-corrected chi connectivity index (χ4v) is 2.06. The molecule has 8 heteroatoms. The zero-order valence-corrected chi connectivity index (χ0v) is 11.2. The number of nitrogens with two attached hydrogens (primary N) is 1. The van der Waals surface area contributed by atoms with Gasteiger partial charge in [0.2, 0.25) is 0 Å². The molecule has 1 aromatic carbocycles. The van der Waals surface area contributed by atoms with Crippen molar-refractivity contribution in [2.75, 3.05) is 19.5 Å². The fourth-order valence-electron chi connectivity index (χ4n) is 1.47. The van der Waals surface area contributed by atoms with E-state index in [-0.39, 0.29) is 5.69 Å². The van der Waals surface area contributed by atoms with Gasteiger partial charge in [-0.05, 0) is 12.1 Å². The number of amides is 1. The van der Waals surface area contributed by atoms with Gasteiger partial charge in [0.05, 0.1) is 19.9 Å². The highest BCUT2D eigenvalue weighted by atomic mass is 32.1. The van der Waals surface area contributed by atoms with Crippen LogP contribution in [0.25, 0.3) is 0 Å². The maximum absolute atomic E-state index is 11.2. The Hall–Kier alpha value is -2.35. The minimum Gasteiger partial charge on any atom is -0.497 e. The molecule has 1 aromatic heterocycles. The molecule has 0 atom stereocenters. The Balaban J connectivity index is 2.36. The monoisotopic (exact) mass is 280 g/mol. The number of hydrogen-bond acceptors (Lipinski definition) is 7. The third-order valence-electron chi connectivity index (χ3n) is 2.38. The number of ether oxygens (including phenoxy) is 2. The largest absolute Gasteiger partial charge is 0.497 e. The van der Waals surface area contributed by atoms with E-state index in [2.05, 4.69) is 14.9 Å². The number of nitrogens with one attached hydrogen (secondary N) is 1. The van der Waals surface area contributed by atoms with Crippen LogP contribution in [0.15, 0.2) is 18.2 Å². The first-order valence-electron chi connectivity index (χ1n) is 5.27. The van der Waals surface area contributed by atoms with Crippen LogP contribution >= 0.6 is 11.5 Å². The molecule has 2 rings (SSSR count). The predicted molar refractivity (Wildman–Crippen MR) is 71.3 cm³/mol. The van der Waals surface area contributed by atoms with Gasteiger partial charge >= 0.3 is 0 Å². The third kappa shape index (κ3) is 2.74. The Labute approximate surface area is 113 Å². The summed E-state index contributed by atoms with van der Waals surface area (Å²) in [4.78, 5) is 11.2. The highest BCUT2D eigenvalue weighted by Gasteiger charge is 2.15. The van der Waals surface area contributed by atoms with Crippen molar-refractivity contribution in [3.8, 4) is 11.5 Å². The minimum atomic E-state index is -0.641. The van der Waals surface area contributed by atoms with Crippen molar-refractivity contribution in [2.45, 2.75) is 0 Å². The molecule has 3 N–H and O–H groups in total. The number of carbonyl (C=O) groups excluding carboxylic acids is 1. The summed E-state index contributed by atoms with van der Waals surface area (Å²) >= 11 is 1.04. The number of methoxy groups -OCH3 is 2. The van der Waals surface area contributed by atoms with E-state index in [4.69, 9.17) is 15.2 Å². The van der Waals surface area contributed by atoms with Gasteiger partial charge in [-0.2, -0.15) is 0 Å². The van der Waals surface area contributed by atoms with Gasteiger partial charge in [-0.1, -0.05) is 4.49 Å². The Morgan fingerprint density at radius 1 is 1.37 bits per heavy atom. The molecule has 7 nitrogen and oxygen atoms in total. The molecule has 1 heterocycles. The summed E-state index contributed by atoms with van der Waals surface area (Å²) in [6, 6.07) is 5.26. The second-order valence-corrected chi connectivity index (χ2v) is 4.26. The molecule has 0 radical (unpaired) electrons. The maximum atomic E-state index is 11.2. The van der Waals surface area contributed by atoms with Crippen molar-refractivity contribution < 1.29 is 14.3 Å². The minimum absolute atomic E-state index is 0.0925. The lowest BCUT2D eigenvalue weighted by atomic mass is 10.2. The number of hydrogen-bond donors (Lipinski definition) is 2. The molecular weight excluding hydrogens is 268 g/mol. The van der Waals surface area contributed by atoms with Crippen LogP contribution < -0.4 is 20.5 Å². The van der Waals surface area contributed by atoms with E-state index in [9.17, 15) is 4.79 Å². The molecule has 0 unspecified atom stereocenters. The van der Waals surface area contributed by atoms with Crippen LogP contribution in [0.5, 0.6) is 11.5 Å². The van der Waals surface area contributed by atoms with Gasteiger partial charge in [-0.25, -0.2) is 0 Å². The molecule has 1 amide bonds. The van der Waals surface area contributed by atoms with Crippen molar-refractivity contribution in [1.82, 2.24) is 9.59 Å². The van der Waals surface area contributed by atoms with Crippen LogP contribution in [-0.4, -0.2) is 29.7 Å². The second kappa shape index (κ2) is 5.53. The van der Waals surface area contributed by atoms with Gasteiger partial charge in [-0.15, -0.1) is 5.10 Å². The summed E-state index contributed by atoms with van der Waals surface area (Å²) < 4.78 is 14.1. The molecule has 0 fully saturated rings. The Morgan fingerprint density at radius 2 is 2.16 bits per heavy atom. The summed E-state index contributed by atoms with van der Waals surface area (Å²) in [6.07, 6.45) is 0. The lowest BCUT2D eigenvalue weighted by Gasteiger charge is -2.11. The van der Waals surface area contributed by atoms with E-state index in [0.29, 0.717) is 22.2 Å². The van der Waals surface area contributed by atoms with Gasteiger partial charge in [0, 0.05) is 17.6 Å². The number of rotatable bonds is 5. The number of aromatic nitrogens is 2. The highest BCUT2D eigenvalue weighted by Crippen LogP contribution is 2.33. The zero-order chi connectivity index (χ0) is 13.8. The van der Waals surface area contributed by atoms with Crippen molar-refractivity contribution in [3.63, 3.8) is 0 Å². The molecule has 0 aliphatic carbocycles. The molecule has 0 bridgehead atoms. The van der Waals surface area contributed by atoms with E-state index in [1.165, 1.54) is 0 Å². The molecule has 2 aromatic rings. The SMILES string of the molecule is COc1ccc(OC)c(Nc2snnc2C(N)=O)c1. The number of benzene rings is 1. The molecule has 0 aliphatic heterocycles. The summed E-state index contributed by atoms with van der Waals surface area (Å²) in [6.45, 7) is 0. The molecule has 100 valence electrons. The summed E-state index contributed by atoms with van der Waals surface area (Å²) in [5, 5.41) is 7.14. The highest BCUT2D eigenvalue weighted by molar-refractivity contribution is 7.10. The quantitative estimate of drug-likeness (QED) is 0.858. The van der Waals surface area contributed by atoms with E-state index in [0.717, 1.165) is 11.5 Å². The number of primary amides is 1. The van der Waals surface area contributed by atoms with Gasteiger partial charge < -0.3 is 20.5 Å². The van der Waals surface area contributed by atoms with Gasteiger partial charge in [0.1, 0.15) is 16.5 Å². The van der Waals surface area contributed by atoms with Crippen LogP contribution in [0.4, 0.5) is 10.7 Å². The summed E-state index contributed by atoms with van der Waals surface area (Å²) in [5.74, 6) is 0.615. The van der Waals surface area contributed by atoms with Gasteiger partial charge in [-0.3, -0.25) is 4.79 Å². The van der Waals surface area contributed by atoms with Crippen LogP contribution in [0.1, 0.15) is 10.5 Å². The molecule has 19 heavy (non-hydrogen) atoms. The Kier molecular flexibility index (Phi) is 3.81. The van der Waals surface area contributed by atoms with E-state index in [1.807, 2.05) is 0 Å². The van der Waals surface area contributed by atoms with E-state index < -0.39 is 5.91 Å². The average Bonchev–Trinajstić information content (AvgIpc) is 2.87. The first-order valence-corrected chi connectivity index (χ1v) is 6.04. The van der Waals surface area contributed by atoms with Crippen LogP contribution in [0.3, 0.4) is 0 Å². The van der Waals surface area contributed by atoms with E-state index >= 15 is 0 Å². The van der Waals surface area contributed by atoms with Crippen molar-refractivity contribution >= 4 is 28.1 Å². The normalized spacial score (nSPS) is 10.0. The van der Waals surface area contributed by atoms with Crippen LogP contribution in [0.2, 0.25) is 0 Å². The average molecular weight is 280 g/mol. The van der Waals surface area contributed by atoms with Gasteiger partial charge in [0.15, 0.2) is 5.69 Å². The molecule has 0 saturated carbocycles. The first-order chi connectivity index (χ1) is 9.15. The predicted octanol–water partition coefficient (Wildman–Crippen LogP) is 1.40. The van der Waals surface area contributed by atoms with Crippen LogP contribution in [0, 0.1) is 0 Å². The lowest BCUT2D eigenvalue weighted by molar-refractivity contribution is 0.0996. The summed E-state index contributed by atoms with van der Waals surface area (Å²) in [7, 11) is 3.11. The third-order valence-corrected chi connectivity index (χ3v) is 3.02. The first kappa shape index (κ1) is 13.1. The van der Waals surface area contributed by atoms with Crippen molar-refractivity contribution in [3.05, 3.63) is 23.9 Å². The molecular formula is C11H12N4O3S. The molecule has 0 aliphatic rings. The number of anilines is 2. The fraction of sp³-hybridized carbons (Fsp3) is 0.182. The Morgan fingerprint density at radius 3 is 2.79 bits per heavy atom. The molecule has 0 saturated heterocycles. The smallest absolute Gasteiger partial charge is 0.272 e. The van der Waals surface area contributed by atoms with Gasteiger partial charge in [0.25, 0.3) is 5.91 Å². The Bertz CT molecular complexity index is 599. The zero-order valence-electron chi connectivity index (χ0n) is 10.3. The number of carbonyl (C=O) groups is 1. The topological polar surface area (TPSA) is 99.4 Å². The van der Waals surface area contributed by atoms with E-state index in [1.54, 1.807) is 32.4 Å². The second-order valence-electron chi connectivity index (χ2n) is 3.51. The van der Waals surface area contributed by atoms with Crippen LogP contribution in [-0.2, 0) is 0 Å². The van der Waals surface area contributed by atoms with Crippen molar-refractivity contribution in [1.29, 1.82) is 0 Å². The number of nitrogens with zero attached hydrogens (tertiary/aromatic N) is 2.